The van der Waals surface area contributed by atoms with Crippen molar-refractivity contribution in [3.8, 4) is 0 Å². The van der Waals surface area contributed by atoms with Crippen molar-refractivity contribution in [2.45, 2.75) is 34.1 Å². The molecule has 0 heterocycles. The van der Waals surface area contributed by atoms with E-state index in [4.69, 9.17) is 4.74 Å². The minimum Gasteiger partial charge on any atom is -0.427 e. The van der Waals surface area contributed by atoms with Gasteiger partial charge < -0.3 is 4.74 Å². The minimum absolute atomic E-state index is 0.289. The zero-order chi connectivity index (χ0) is 11.6. The van der Waals surface area contributed by atoms with Crippen LogP contribution in [0.3, 0.4) is 0 Å². The van der Waals surface area contributed by atoms with Gasteiger partial charge in [0.2, 0.25) is 0 Å². The predicted molar refractivity (Wildman–Crippen MR) is 61.1 cm³/mol. The Morgan fingerprint density at radius 1 is 1.60 bits per heavy atom. The van der Waals surface area contributed by atoms with Crippen LogP contribution in [0.4, 0.5) is 0 Å². The van der Waals surface area contributed by atoms with E-state index in [1.165, 1.54) is 6.92 Å². The average molecular weight is 208 g/mol. The quantitative estimate of drug-likeness (QED) is 0.525. The van der Waals surface area contributed by atoms with Crippen LogP contribution in [0, 0.1) is 17.8 Å². The van der Waals surface area contributed by atoms with Crippen molar-refractivity contribution in [1.82, 2.24) is 0 Å². The second-order valence-corrected chi connectivity index (χ2v) is 4.66. The molecule has 0 fully saturated rings. The summed E-state index contributed by atoms with van der Waals surface area (Å²) >= 11 is 0. The fraction of sp³-hybridized carbons (Fsp3) is 0.615. The second kappa shape index (κ2) is 4.65. The number of carbonyl (C=O) groups is 1. The molecular formula is C13H20O2. The van der Waals surface area contributed by atoms with Crippen LogP contribution in [0.5, 0.6) is 0 Å². The van der Waals surface area contributed by atoms with Gasteiger partial charge in [-0.05, 0) is 29.7 Å². The molecule has 15 heavy (non-hydrogen) atoms. The SMILES string of the molecule is C=C(OC(C)=O)C1=CC[C@@H](C)[C@H]1C(C)C. The van der Waals surface area contributed by atoms with Crippen molar-refractivity contribution in [2.75, 3.05) is 0 Å². The standard InChI is InChI=1S/C13H20O2/c1-8(2)13-9(3)6-7-12(13)10(4)15-11(5)14/h7-9,13H,4,6H2,1-3,5H3/t9-,13-/m1/s1. The monoisotopic (exact) mass is 208 g/mol. The van der Waals surface area contributed by atoms with Gasteiger partial charge in [0.15, 0.2) is 0 Å². The molecule has 0 bridgehead atoms. The van der Waals surface area contributed by atoms with Crippen LogP contribution >= 0.6 is 0 Å². The Morgan fingerprint density at radius 2 is 2.20 bits per heavy atom. The maximum Gasteiger partial charge on any atom is 0.308 e. The molecule has 0 aromatic carbocycles. The van der Waals surface area contributed by atoms with Crippen molar-refractivity contribution in [3.05, 3.63) is 24.0 Å². The van der Waals surface area contributed by atoms with Crippen LogP contribution in [0.1, 0.15) is 34.1 Å². The lowest BCUT2D eigenvalue weighted by atomic mass is 9.82. The molecule has 0 aliphatic heterocycles. The van der Waals surface area contributed by atoms with Crippen LogP contribution in [0.25, 0.3) is 0 Å². The topological polar surface area (TPSA) is 26.3 Å². The molecule has 0 N–H and O–H groups in total. The molecule has 0 aromatic rings. The molecule has 0 amide bonds. The van der Waals surface area contributed by atoms with Gasteiger partial charge in [0, 0.05) is 6.92 Å². The summed E-state index contributed by atoms with van der Waals surface area (Å²) in [5.41, 5.74) is 1.12. The van der Waals surface area contributed by atoms with Crippen molar-refractivity contribution < 1.29 is 9.53 Å². The zero-order valence-electron chi connectivity index (χ0n) is 10.0. The summed E-state index contributed by atoms with van der Waals surface area (Å²) in [6, 6.07) is 0. The summed E-state index contributed by atoms with van der Waals surface area (Å²) in [6.07, 6.45) is 3.21. The highest BCUT2D eigenvalue weighted by Crippen LogP contribution is 2.40. The third-order valence-corrected chi connectivity index (χ3v) is 2.99. The van der Waals surface area contributed by atoms with E-state index >= 15 is 0 Å². The van der Waals surface area contributed by atoms with E-state index in [1.807, 2.05) is 0 Å². The maximum absolute atomic E-state index is 10.9. The first-order valence-corrected chi connectivity index (χ1v) is 5.51. The largest absolute Gasteiger partial charge is 0.427 e. The van der Waals surface area contributed by atoms with E-state index in [0.717, 1.165) is 12.0 Å². The third kappa shape index (κ3) is 2.71. The predicted octanol–water partition coefficient (Wildman–Crippen LogP) is 3.30. The van der Waals surface area contributed by atoms with E-state index in [0.29, 0.717) is 23.5 Å². The summed E-state index contributed by atoms with van der Waals surface area (Å²) in [4.78, 5) is 10.9. The Bertz CT molecular complexity index is 300. The smallest absolute Gasteiger partial charge is 0.308 e. The lowest BCUT2D eigenvalue weighted by Gasteiger charge is -2.24. The summed E-state index contributed by atoms with van der Waals surface area (Å²) in [5.74, 6) is 1.89. The van der Waals surface area contributed by atoms with Crippen molar-refractivity contribution in [1.29, 1.82) is 0 Å². The molecule has 0 saturated heterocycles. The summed E-state index contributed by atoms with van der Waals surface area (Å²) < 4.78 is 5.06. The maximum atomic E-state index is 10.9. The number of hydrogen-bond donors (Lipinski definition) is 0. The Kier molecular flexibility index (Phi) is 3.72. The van der Waals surface area contributed by atoms with Gasteiger partial charge in [0.05, 0.1) is 0 Å². The van der Waals surface area contributed by atoms with Gasteiger partial charge >= 0.3 is 5.97 Å². The number of carbonyl (C=O) groups excluding carboxylic acids is 1. The van der Waals surface area contributed by atoms with E-state index in [2.05, 4.69) is 33.4 Å². The fourth-order valence-electron chi connectivity index (χ4n) is 2.45. The second-order valence-electron chi connectivity index (χ2n) is 4.66. The Labute approximate surface area is 92.0 Å². The van der Waals surface area contributed by atoms with Gasteiger partial charge in [-0.15, -0.1) is 0 Å². The molecule has 2 atom stereocenters. The first kappa shape index (κ1) is 12.0. The van der Waals surface area contributed by atoms with Crippen LogP contribution in [0.15, 0.2) is 24.0 Å². The molecule has 2 nitrogen and oxygen atoms in total. The highest BCUT2D eigenvalue weighted by molar-refractivity contribution is 5.68. The Balaban J connectivity index is 2.77. The Morgan fingerprint density at radius 3 is 2.67 bits per heavy atom. The lowest BCUT2D eigenvalue weighted by molar-refractivity contribution is -0.136. The summed E-state index contributed by atoms with van der Waals surface area (Å²) in [7, 11) is 0. The Hall–Kier alpha value is -1.05. The normalized spacial score (nSPS) is 25.3. The van der Waals surface area contributed by atoms with E-state index in [9.17, 15) is 4.79 Å². The molecule has 84 valence electrons. The molecular weight excluding hydrogens is 188 g/mol. The first-order valence-electron chi connectivity index (χ1n) is 5.51. The first-order chi connectivity index (χ1) is 6.93. The van der Waals surface area contributed by atoms with Gasteiger partial charge in [-0.3, -0.25) is 4.79 Å². The van der Waals surface area contributed by atoms with Crippen molar-refractivity contribution in [3.63, 3.8) is 0 Å². The highest BCUT2D eigenvalue weighted by Gasteiger charge is 2.31. The molecule has 1 aliphatic carbocycles. The van der Waals surface area contributed by atoms with Crippen LogP contribution in [-0.4, -0.2) is 5.97 Å². The molecule has 1 aliphatic rings. The van der Waals surface area contributed by atoms with E-state index < -0.39 is 0 Å². The molecule has 0 unspecified atom stereocenters. The van der Waals surface area contributed by atoms with Gasteiger partial charge in [-0.2, -0.15) is 0 Å². The molecule has 0 aromatic heterocycles. The lowest BCUT2D eigenvalue weighted by Crippen LogP contribution is -2.17. The number of rotatable bonds is 3. The van der Waals surface area contributed by atoms with Crippen molar-refractivity contribution >= 4 is 5.97 Å². The summed E-state index contributed by atoms with van der Waals surface area (Å²) in [6.45, 7) is 11.9. The fourth-order valence-corrected chi connectivity index (χ4v) is 2.45. The van der Waals surface area contributed by atoms with Crippen molar-refractivity contribution in [2.24, 2.45) is 17.8 Å². The minimum atomic E-state index is -0.289. The zero-order valence-corrected chi connectivity index (χ0v) is 10.0. The highest BCUT2D eigenvalue weighted by atomic mass is 16.5. The third-order valence-electron chi connectivity index (χ3n) is 2.99. The van der Waals surface area contributed by atoms with Gasteiger partial charge in [-0.1, -0.05) is 33.4 Å². The molecule has 2 heteroatoms. The average Bonchev–Trinajstić information content (AvgIpc) is 2.45. The molecule has 1 rings (SSSR count). The molecule has 0 spiro atoms. The van der Waals surface area contributed by atoms with Gasteiger partial charge in [0.1, 0.15) is 5.76 Å². The van der Waals surface area contributed by atoms with Crippen LogP contribution in [0.2, 0.25) is 0 Å². The van der Waals surface area contributed by atoms with Crippen LogP contribution in [-0.2, 0) is 9.53 Å². The van der Waals surface area contributed by atoms with Gasteiger partial charge in [0.25, 0.3) is 0 Å². The number of hydrogen-bond acceptors (Lipinski definition) is 2. The van der Waals surface area contributed by atoms with Crippen LogP contribution < -0.4 is 0 Å². The summed E-state index contributed by atoms with van der Waals surface area (Å²) in [5, 5.41) is 0. The molecule has 0 radical (unpaired) electrons. The van der Waals surface area contributed by atoms with E-state index in [1.54, 1.807) is 0 Å². The molecule has 0 saturated carbocycles. The number of allylic oxidation sites excluding steroid dienone is 2. The number of esters is 1. The van der Waals surface area contributed by atoms with E-state index in [-0.39, 0.29) is 5.97 Å². The number of ether oxygens (including phenoxy) is 1. The van der Waals surface area contributed by atoms with Gasteiger partial charge in [-0.25, -0.2) is 0 Å².